The molecule has 2 saturated heterocycles. The number of anilines is 5. The van der Waals surface area contributed by atoms with Gasteiger partial charge >= 0.3 is 0 Å². The summed E-state index contributed by atoms with van der Waals surface area (Å²) < 4.78 is 19.1. The Kier molecular flexibility index (Phi) is 6.96. The van der Waals surface area contributed by atoms with E-state index in [-0.39, 0.29) is 0 Å². The van der Waals surface area contributed by atoms with Crippen molar-refractivity contribution < 1.29 is 9.30 Å². The first-order valence-electron chi connectivity index (χ1n) is 13.3. The summed E-state index contributed by atoms with van der Waals surface area (Å²) in [4.78, 5) is 16.5. The Hall–Kier alpha value is -2.84. The van der Waals surface area contributed by atoms with Crippen LogP contribution in [0.5, 0.6) is 5.75 Å². The van der Waals surface area contributed by atoms with Crippen LogP contribution in [-0.4, -0.2) is 91.6 Å². The predicted octanol–water partition coefficient (Wildman–Crippen LogP) is 4.37. The van der Waals surface area contributed by atoms with E-state index < -0.39 is 7.14 Å². The molecule has 0 radical (unpaired) electrons. The second-order valence-corrected chi connectivity index (χ2v) is 14.8. The summed E-state index contributed by atoms with van der Waals surface area (Å²) in [6, 6.07) is 12.7. The summed E-state index contributed by atoms with van der Waals surface area (Å²) in [6.45, 7) is 11.8. The zero-order chi connectivity index (χ0) is 27.3. The average Bonchev–Trinajstić information content (AvgIpc) is 2.88. The van der Waals surface area contributed by atoms with E-state index in [9.17, 15) is 4.57 Å². The number of halogens is 1. The van der Waals surface area contributed by atoms with Gasteiger partial charge in [0.15, 0.2) is 5.82 Å². The van der Waals surface area contributed by atoms with Crippen molar-refractivity contribution in [1.82, 2.24) is 19.8 Å². The number of rotatable bonds is 6. The quantitative estimate of drug-likeness (QED) is 0.422. The number of fused-ring (bicyclic) bond motifs is 3. The minimum atomic E-state index is -2.50. The second-order valence-electron chi connectivity index (χ2n) is 11.2. The van der Waals surface area contributed by atoms with Crippen molar-refractivity contribution in [3.63, 3.8) is 0 Å². The van der Waals surface area contributed by atoms with Gasteiger partial charge in [-0.2, -0.15) is 4.98 Å². The summed E-state index contributed by atoms with van der Waals surface area (Å²) in [6.07, 6.45) is 1.56. The lowest BCUT2D eigenvalue weighted by Gasteiger charge is -2.51. The molecule has 3 aromatic rings. The minimum absolute atomic E-state index is 0.368. The molecular weight excluding hydrogens is 533 g/mol. The molecule has 2 N–H and O–H groups in total. The maximum Gasteiger partial charge on any atom is 0.229 e. The summed E-state index contributed by atoms with van der Waals surface area (Å²) in [5.74, 6) is 1.73. The highest BCUT2D eigenvalue weighted by molar-refractivity contribution is 7.70. The van der Waals surface area contributed by atoms with Gasteiger partial charge in [0.1, 0.15) is 24.5 Å². The van der Waals surface area contributed by atoms with Crippen LogP contribution in [0.1, 0.15) is 5.56 Å². The number of likely N-dealkylation sites (tertiary alicyclic amines) is 1. The van der Waals surface area contributed by atoms with Gasteiger partial charge in [-0.15, -0.1) is 0 Å². The molecule has 39 heavy (non-hydrogen) atoms. The normalized spacial score (nSPS) is 20.0. The van der Waals surface area contributed by atoms with E-state index in [4.69, 9.17) is 16.3 Å². The first kappa shape index (κ1) is 26.4. The molecule has 2 aromatic carbocycles. The van der Waals surface area contributed by atoms with Crippen LogP contribution in [0.3, 0.4) is 0 Å². The molecule has 0 amide bonds. The van der Waals surface area contributed by atoms with E-state index in [0.717, 1.165) is 60.7 Å². The largest absolute Gasteiger partial charge is 0.489 e. The number of piperazine rings is 1. The fourth-order valence-corrected chi connectivity index (χ4v) is 7.14. The van der Waals surface area contributed by atoms with Crippen LogP contribution in [0.25, 0.3) is 0 Å². The first-order valence-corrected chi connectivity index (χ1v) is 16.3. The lowest BCUT2D eigenvalue weighted by molar-refractivity contribution is 0.0324. The van der Waals surface area contributed by atoms with Crippen molar-refractivity contribution in [1.29, 1.82) is 0 Å². The van der Waals surface area contributed by atoms with E-state index in [1.54, 1.807) is 19.5 Å². The van der Waals surface area contributed by atoms with Gasteiger partial charge in [0.05, 0.1) is 23.6 Å². The van der Waals surface area contributed by atoms with E-state index in [1.165, 1.54) is 5.69 Å². The molecule has 0 unspecified atom stereocenters. The third kappa shape index (κ3) is 5.33. The number of aryl methyl sites for hydroxylation is 1. The average molecular weight is 568 g/mol. The highest BCUT2D eigenvalue weighted by Gasteiger charge is 2.38. The summed E-state index contributed by atoms with van der Waals surface area (Å²) in [7, 11) is -0.314. The van der Waals surface area contributed by atoms with Crippen molar-refractivity contribution in [2.75, 3.05) is 75.2 Å². The van der Waals surface area contributed by atoms with Crippen LogP contribution in [0, 0.1) is 6.92 Å². The Labute approximate surface area is 234 Å². The molecule has 11 heteroatoms. The Morgan fingerprint density at radius 2 is 1.87 bits per heavy atom. The van der Waals surface area contributed by atoms with Crippen LogP contribution in [0.2, 0.25) is 5.02 Å². The minimum Gasteiger partial charge on any atom is -0.489 e. The fraction of sp³-hybridized carbons (Fsp3) is 0.429. The molecular formula is C28H35ClN7O2P. The molecule has 1 aromatic heterocycles. The van der Waals surface area contributed by atoms with E-state index in [2.05, 4.69) is 55.3 Å². The molecule has 0 spiro atoms. The van der Waals surface area contributed by atoms with E-state index in [0.29, 0.717) is 35.5 Å². The summed E-state index contributed by atoms with van der Waals surface area (Å²) in [5, 5.41) is 7.70. The van der Waals surface area contributed by atoms with Gasteiger partial charge in [0, 0.05) is 55.8 Å². The number of aromatic nitrogens is 2. The third-order valence-electron chi connectivity index (χ3n) is 7.80. The van der Waals surface area contributed by atoms with Crippen molar-refractivity contribution in [3.05, 3.63) is 53.2 Å². The fourth-order valence-electron chi connectivity index (χ4n) is 5.85. The van der Waals surface area contributed by atoms with Gasteiger partial charge in [-0.05, 0) is 51.1 Å². The van der Waals surface area contributed by atoms with Crippen LogP contribution >= 0.6 is 18.7 Å². The Morgan fingerprint density at radius 3 is 2.64 bits per heavy atom. The molecule has 0 aliphatic carbocycles. The van der Waals surface area contributed by atoms with Crippen LogP contribution in [-0.2, 0) is 4.57 Å². The topological polar surface area (TPSA) is 85.9 Å². The van der Waals surface area contributed by atoms with Gasteiger partial charge in [-0.3, -0.25) is 4.90 Å². The smallest absolute Gasteiger partial charge is 0.229 e. The van der Waals surface area contributed by atoms with Gasteiger partial charge in [0.25, 0.3) is 0 Å². The number of para-hydroxylation sites is 1. The number of nitrogens with one attached hydrogen (secondary N) is 2. The molecule has 206 valence electrons. The Morgan fingerprint density at radius 1 is 1.08 bits per heavy atom. The lowest BCUT2D eigenvalue weighted by atomic mass is 10.0. The van der Waals surface area contributed by atoms with Crippen molar-refractivity contribution in [2.45, 2.75) is 19.0 Å². The van der Waals surface area contributed by atoms with Gasteiger partial charge < -0.3 is 29.7 Å². The van der Waals surface area contributed by atoms with E-state index >= 15 is 0 Å². The molecule has 3 aliphatic heterocycles. The van der Waals surface area contributed by atoms with E-state index in [1.807, 2.05) is 30.3 Å². The van der Waals surface area contributed by atoms with Crippen molar-refractivity contribution in [3.8, 4) is 5.75 Å². The molecule has 2 fully saturated rings. The molecule has 3 aliphatic rings. The maximum absolute atomic E-state index is 12.8. The van der Waals surface area contributed by atoms with Gasteiger partial charge in [-0.1, -0.05) is 23.7 Å². The highest BCUT2D eigenvalue weighted by atomic mass is 35.5. The molecule has 4 heterocycles. The number of benzene rings is 2. The lowest BCUT2D eigenvalue weighted by Crippen LogP contribution is -2.65. The zero-order valence-corrected chi connectivity index (χ0v) is 24.5. The number of ether oxygens (including phenoxy) is 1. The number of hydrogen-bond acceptors (Lipinski definition) is 9. The number of likely N-dealkylation sites (N-methyl/N-ethyl adjacent to an activating group) is 1. The SMILES string of the molecule is Cc1cc(Nc2ncc(Cl)c(Nc3ccccc3P(C)(C)=O)n2)cc2c1N1CCN(C3CN(C)C3)C[C@H]1CO2. The Bertz CT molecular complexity index is 1440. The van der Waals surface area contributed by atoms with Crippen molar-refractivity contribution in [2.24, 2.45) is 0 Å². The monoisotopic (exact) mass is 567 g/mol. The Balaban J connectivity index is 1.20. The predicted molar refractivity (Wildman–Crippen MR) is 160 cm³/mol. The standard InChI is InChI=1S/C28H35ClN7O2P/c1-18-11-19(12-24-26(18)36-10-9-35(16-21(36)17-38-24)20-14-34(2)15-20)31-28-30-13-22(29)27(33-28)32-23-7-5-6-8-25(23)39(3,4)37/h5-8,11-13,20-21H,9-10,14-17H2,1-4H3,(H2,30,31,32,33)/t21-/m0/s1. The maximum atomic E-state index is 12.8. The van der Waals surface area contributed by atoms with Crippen LogP contribution in [0.4, 0.5) is 28.8 Å². The van der Waals surface area contributed by atoms with Crippen LogP contribution < -0.4 is 25.6 Å². The molecule has 0 saturated carbocycles. The van der Waals surface area contributed by atoms with Gasteiger partial charge in [-0.25, -0.2) is 4.98 Å². The van der Waals surface area contributed by atoms with Crippen LogP contribution in [0.15, 0.2) is 42.6 Å². The zero-order valence-electron chi connectivity index (χ0n) is 22.8. The third-order valence-corrected chi connectivity index (χ3v) is 9.62. The molecule has 9 nitrogen and oxygen atoms in total. The van der Waals surface area contributed by atoms with Gasteiger partial charge in [0.2, 0.25) is 5.95 Å². The van der Waals surface area contributed by atoms with Crippen molar-refractivity contribution >= 4 is 52.9 Å². The first-order chi connectivity index (χ1) is 18.7. The second kappa shape index (κ2) is 10.3. The molecule has 6 rings (SSSR count). The summed E-state index contributed by atoms with van der Waals surface area (Å²) in [5.41, 5.74) is 3.90. The molecule has 0 bridgehead atoms. The molecule has 1 atom stereocenters. The number of hydrogen-bond donors (Lipinski definition) is 2. The highest BCUT2D eigenvalue weighted by Crippen LogP contribution is 2.42. The summed E-state index contributed by atoms with van der Waals surface area (Å²) >= 11 is 6.43. The number of nitrogens with zero attached hydrogens (tertiary/aromatic N) is 5.